The summed E-state index contributed by atoms with van der Waals surface area (Å²) in [5.41, 5.74) is 0. The molecule has 3 unspecified atom stereocenters. The second-order valence-corrected chi connectivity index (χ2v) is 32.6. The molecule has 0 aliphatic rings. The van der Waals surface area contributed by atoms with Crippen LogP contribution in [0.2, 0.25) is 0 Å². The first-order valence-corrected chi connectivity index (χ1v) is 42.7. The van der Waals surface area contributed by atoms with Gasteiger partial charge in [0.05, 0.1) is 26.4 Å². The summed E-state index contributed by atoms with van der Waals surface area (Å²) in [6.07, 6.45) is 51.6. The predicted molar refractivity (Wildman–Crippen MR) is 391 cm³/mol. The first-order chi connectivity index (χ1) is 46.1. The summed E-state index contributed by atoms with van der Waals surface area (Å²) >= 11 is 0. The molecule has 19 heteroatoms. The highest BCUT2D eigenvalue weighted by molar-refractivity contribution is 7.47. The summed E-state index contributed by atoms with van der Waals surface area (Å²) in [6, 6.07) is 0. The number of unbranched alkanes of at least 4 members (excludes halogenated alkanes) is 40. The molecule has 0 rings (SSSR count). The molecular formula is C77H150O17P2. The molecule has 0 saturated heterocycles. The second-order valence-electron chi connectivity index (χ2n) is 29.7. The summed E-state index contributed by atoms with van der Waals surface area (Å²) in [6.45, 7) is 14.2. The lowest BCUT2D eigenvalue weighted by atomic mass is 10.0. The highest BCUT2D eigenvalue weighted by atomic mass is 31.2. The minimum Gasteiger partial charge on any atom is -0.462 e. The number of aliphatic hydroxyl groups is 1. The van der Waals surface area contributed by atoms with E-state index in [9.17, 15) is 43.2 Å². The molecule has 0 heterocycles. The first-order valence-electron chi connectivity index (χ1n) is 39.7. The molecule has 0 radical (unpaired) electrons. The monoisotopic (exact) mass is 1410 g/mol. The Morgan fingerprint density at radius 2 is 0.438 bits per heavy atom. The molecule has 96 heavy (non-hydrogen) atoms. The highest BCUT2D eigenvalue weighted by Gasteiger charge is 2.30. The van der Waals surface area contributed by atoms with E-state index in [0.29, 0.717) is 31.6 Å². The Balaban J connectivity index is 5.19. The molecule has 0 amide bonds. The van der Waals surface area contributed by atoms with Crippen LogP contribution in [0.5, 0.6) is 0 Å². The normalized spacial score (nSPS) is 14.1. The lowest BCUT2D eigenvalue weighted by Crippen LogP contribution is -2.30. The standard InChI is InChI=1S/C77H150O17P2/c1-67(2)53-45-37-29-22-18-15-13-11-9-10-12-14-16-20-24-34-43-51-59-76(81)93-72(63-87-74(79)57-49-41-33-27-26-31-39-47-55-69(5)6)65-91-95(83,84)89-61-71(78)62-90-96(85,86)92-66-73(64-88-75(80)58-50-42-36-28-32-40-48-56-70(7)8)94-77(82)60-52-44-35-25-21-17-19-23-30-38-46-54-68(3)4/h67-73,78H,9-66H2,1-8H3,(H,83,84)(H,85,86)/t71?,72-,73-/m1/s1. The number of phosphoric acid groups is 2. The van der Waals surface area contributed by atoms with Crippen LogP contribution in [0.3, 0.4) is 0 Å². The number of esters is 4. The molecule has 0 aromatic carbocycles. The van der Waals surface area contributed by atoms with Crippen molar-refractivity contribution in [2.24, 2.45) is 23.7 Å². The van der Waals surface area contributed by atoms with E-state index in [1.807, 2.05) is 0 Å². The Kier molecular flexibility index (Phi) is 65.0. The number of ether oxygens (including phenoxy) is 4. The van der Waals surface area contributed by atoms with E-state index in [4.69, 9.17) is 37.0 Å². The van der Waals surface area contributed by atoms with Gasteiger partial charge in [-0.1, -0.05) is 338 Å². The van der Waals surface area contributed by atoms with E-state index in [-0.39, 0.29) is 25.7 Å². The number of aliphatic hydroxyl groups excluding tert-OH is 1. The Labute approximate surface area is 588 Å². The Morgan fingerprint density at radius 1 is 0.260 bits per heavy atom. The second kappa shape index (κ2) is 66.3. The summed E-state index contributed by atoms with van der Waals surface area (Å²) in [5.74, 6) is 0.895. The molecule has 0 aliphatic carbocycles. The van der Waals surface area contributed by atoms with Crippen molar-refractivity contribution < 1.29 is 80.2 Å². The third kappa shape index (κ3) is 70.5. The predicted octanol–water partition coefficient (Wildman–Crippen LogP) is 22.4. The van der Waals surface area contributed by atoms with Crippen LogP contribution in [-0.2, 0) is 65.4 Å². The van der Waals surface area contributed by atoms with E-state index < -0.39 is 97.5 Å². The van der Waals surface area contributed by atoms with Crippen molar-refractivity contribution in [2.75, 3.05) is 39.6 Å². The topological polar surface area (TPSA) is 237 Å². The van der Waals surface area contributed by atoms with Crippen LogP contribution in [0.4, 0.5) is 0 Å². The molecule has 0 aromatic heterocycles. The van der Waals surface area contributed by atoms with Crippen LogP contribution in [-0.4, -0.2) is 96.7 Å². The van der Waals surface area contributed by atoms with E-state index in [1.54, 1.807) is 0 Å². The maximum atomic E-state index is 13.1. The summed E-state index contributed by atoms with van der Waals surface area (Å²) in [4.78, 5) is 72.8. The van der Waals surface area contributed by atoms with Gasteiger partial charge in [0.15, 0.2) is 12.2 Å². The van der Waals surface area contributed by atoms with Gasteiger partial charge in [0.1, 0.15) is 19.3 Å². The molecular weight excluding hydrogens is 1260 g/mol. The van der Waals surface area contributed by atoms with Crippen LogP contribution in [0.25, 0.3) is 0 Å². The lowest BCUT2D eigenvalue weighted by molar-refractivity contribution is -0.161. The van der Waals surface area contributed by atoms with E-state index in [0.717, 1.165) is 114 Å². The smallest absolute Gasteiger partial charge is 0.462 e. The molecule has 570 valence electrons. The quantitative estimate of drug-likeness (QED) is 0.0222. The molecule has 17 nitrogen and oxygen atoms in total. The zero-order valence-corrected chi connectivity index (χ0v) is 64.8. The van der Waals surface area contributed by atoms with Gasteiger partial charge in [-0.15, -0.1) is 0 Å². The van der Waals surface area contributed by atoms with Gasteiger partial charge < -0.3 is 33.8 Å². The van der Waals surface area contributed by atoms with Crippen molar-refractivity contribution in [2.45, 2.75) is 408 Å². The van der Waals surface area contributed by atoms with Crippen molar-refractivity contribution in [1.82, 2.24) is 0 Å². The zero-order valence-electron chi connectivity index (χ0n) is 63.0. The molecule has 5 atom stereocenters. The average molecular weight is 1410 g/mol. The third-order valence-corrected chi connectivity index (χ3v) is 19.7. The SMILES string of the molecule is CC(C)CCCCCCCCCCCCCCCCCCCCC(=O)O[C@H](COC(=O)CCCCCCCCCCC(C)C)COP(=O)(O)OCC(O)COP(=O)(O)OC[C@@H](COC(=O)CCCCCCCCCC(C)C)OC(=O)CCCCCCCCCCCCCC(C)C. The first kappa shape index (κ1) is 94.1. The molecule has 0 fully saturated rings. The van der Waals surface area contributed by atoms with Gasteiger partial charge in [-0.2, -0.15) is 0 Å². The molecule has 0 spiro atoms. The van der Waals surface area contributed by atoms with Crippen LogP contribution in [0.15, 0.2) is 0 Å². The minimum atomic E-state index is -4.96. The largest absolute Gasteiger partial charge is 0.472 e. The fourth-order valence-corrected chi connectivity index (χ4v) is 13.3. The number of hydrogen-bond acceptors (Lipinski definition) is 15. The highest BCUT2D eigenvalue weighted by Crippen LogP contribution is 2.45. The Hall–Kier alpha value is -1.94. The Morgan fingerprint density at radius 3 is 0.646 bits per heavy atom. The number of phosphoric ester groups is 2. The van der Waals surface area contributed by atoms with E-state index in [1.165, 1.54) is 186 Å². The molecule has 0 aliphatic heterocycles. The van der Waals surface area contributed by atoms with Crippen LogP contribution < -0.4 is 0 Å². The summed E-state index contributed by atoms with van der Waals surface area (Å²) < 4.78 is 68.5. The number of rotatable bonds is 74. The molecule has 3 N–H and O–H groups in total. The van der Waals surface area contributed by atoms with Crippen LogP contribution in [0, 0.1) is 23.7 Å². The van der Waals surface area contributed by atoms with Gasteiger partial charge in [-0.3, -0.25) is 37.3 Å². The zero-order chi connectivity index (χ0) is 71.0. The molecule has 0 bridgehead atoms. The third-order valence-electron chi connectivity index (χ3n) is 17.8. The maximum absolute atomic E-state index is 13.1. The fraction of sp³-hybridized carbons (Fsp3) is 0.948. The minimum absolute atomic E-state index is 0.105. The summed E-state index contributed by atoms with van der Waals surface area (Å²) in [5, 5.41) is 10.6. The van der Waals surface area contributed by atoms with E-state index in [2.05, 4.69) is 55.4 Å². The van der Waals surface area contributed by atoms with Gasteiger partial charge in [0.2, 0.25) is 0 Å². The van der Waals surface area contributed by atoms with Crippen molar-refractivity contribution in [1.29, 1.82) is 0 Å². The van der Waals surface area contributed by atoms with Crippen molar-refractivity contribution in [3.63, 3.8) is 0 Å². The fourth-order valence-electron chi connectivity index (χ4n) is 11.7. The molecule has 0 saturated carbocycles. The van der Waals surface area contributed by atoms with Crippen molar-refractivity contribution in [3.8, 4) is 0 Å². The average Bonchev–Trinajstić information content (AvgIpc) is 1.16. The van der Waals surface area contributed by atoms with Crippen molar-refractivity contribution in [3.05, 3.63) is 0 Å². The van der Waals surface area contributed by atoms with Gasteiger partial charge in [0.25, 0.3) is 0 Å². The number of carbonyl (C=O) groups is 4. The molecule has 0 aromatic rings. The van der Waals surface area contributed by atoms with Crippen LogP contribution >= 0.6 is 15.6 Å². The van der Waals surface area contributed by atoms with E-state index >= 15 is 0 Å². The van der Waals surface area contributed by atoms with Crippen molar-refractivity contribution >= 4 is 39.5 Å². The summed E-state index contributed by atoms with van der Waals surface area (Å²) in [7, 11) is -9.91. The van der Waals surface area contributed by atoms with Gasteiger partial charge >= 0.3 is 39.5 Å². The van der Waals surface area contributed by atoms with Crippen LogP contribution in [0.1, 0.15) is 389 Å². The van der Waals surface area contributed by atoms with Gasteiger partial charge in [0, 0.05) is 25.7 Å². The maximum Gasteiger partial charge on any atom is 0.472 e. The van der Waals surface area contributed by atoms with Gasteiger partial charge in [-0.05, 0) is 49.4 Å². The number of carbonyl (C=O) groups excluding carboxylic acids is 4. The number of hydrogen-bond donors (Lipinski definition) is 3. The lowest BCUT2D eigenvalue weighted by Gasteiger charge is -2.21. The Bertz CT molecular complexity index is 1880. The van der Waals surface area contributed by atoms with Gasteiger partial charge in [-0.25, -0.2) is 9.13 Å².